The molecule has 1 aliphatic rings. The standard InChI is InChI=1S/C14H18BrNOS/c1-9-4-3-5-10(2)16(9)14(17)12-8-11(18)6-7-13(12)15/h6-10,18H,3-5H2,1-2H3/t9-,10+. The molecule has 4 heteroatoms. The third-order valence-electron chi connectivity index (χ3n) is 3.61. The fraction of sp³-hybridized carbons (Fsp3) is 0.500. The molecule has 0 spiro atoms. The first-order valence-corrected chi connectivity index (χ1v) is 7.56. The van der Waals surface area contributed by atoms with E-state index in [0.717, 1.165) is 22.2 Å². The van der Waals surface area contributed by atoms with Crippen molar-refractivity contribution in [3.8, 4) is 0 Å². The normalized spacial score (nSPS) is 24.1. The summed E-state index contributed by atoms with van der Waals surface area (Å²) in [5.41, 5.74) is 0.711. The number of carbonyl (C=O) groups excluding carboxylic acids is 1. The fourth-order valence-electron chi connectivity index (χ4n) is 2.64. The maximum atomic E-state index is 12.7. The molecule has 0 aliphatic carbocycles. The first-order valence-electron chi connectivity index (χ1n) is 6.32. The second kappa shape index (κ2) is 5.66. The molecular formula is C14H18BrNOS. The zero-order valence-electron chi connectivity index (χ0n) is 10.7. The van der Waals surface area contributed by atoms with E-state index in [1.807, 2.05) is 23.1 Å². The van der Waals surface area contributed by atoms with Gasteiger partial charge in [0, 0.05) is 21.5 Å². The van der Waals surface area contributed by atoms with E-state index in [4.69, 9.17) is 0 Å². The largest absolute Gasteiger partial charge is 0.333 e. The van der Waals surface area contributed by atoms with Crippen LogP contribution in [0.5, 0.6) is 0 Å². The lowest BCUT2D eigenvalue weighted by Gasteiger charge is -2.39. The van der Waals surface area contributed by atoms with Crippen LogP contribution in [0.25, 0.3) is 0 Å². The molecule has 1 aliphatic heterocycles. The van der Waals surface area contributed by atoms with Gasteiger partial charge in [0.1, 0.15) is 0 Å². The van der Waals surface area contributed by atoms with Gasteiger partial charge in [-0.05, 0) is 67.2 Å². The lowest BCUT2D eigenvalue weighted by atomic mass is 9.96. The van der Waals surface area contributed by atoms with Crippen LogP contribution in [0.3, 0.4) is 0 Å². The van der Waals surface area contributed by atoms with Crippen molar-refractivity contribution in [1.82, 2.24) is 4.90 Å². The zero-order valence-corrected chi connectivity index (χ0v) is 13.2. The van der Waals surface area contributed by atoms with E-state index in [1.165, 1.54) is 6.42 Å². The minimum absolute atomic E-state index is 0.109. The number of hydrogen-bond acceptors (Lipinski definition) is 2. The Balaban J connectivity index is 2.32. The number of thiol groups is 1. The van der Waals surface area contributed by atoms with Crippen LogP contribution >= 0.6 is 28.6 Å². The smallest absolute Gasteiger partial charge is 0.255 e. The van der Waals surface area contributed by atoms with Gasteiger partial charge in [-0.15, -0.1) is 12.6 Å². The zero-order chi connectivity index (χ0) is 13.3. The number of carbonyl (C=O) groups is 1. The van der Waals surface area contributed by atoms with E-state index in [0.29, 0.717) is 17.6 Å². The van der Waals surface area contributed by atoms with Crippen molar-refractivity contribution < 1.29 is 4.79 Å². The lowest BCUT2D eigenvalue weighted by Crippen LogP contribution is -2.47. The number of rotatable bonds is 1. The van der Waals surface area contributed by atoms with Crippen LogP contribution in [0.15, 0.2) is 27.6 Å². The van der Waals surface area contributed by atoms with Crippen LogP contribution in [0.2, 0.25) is 0 Å². The van der Waals surface area contributed by atoms with Crippen molar-refractivity contribution in [3.63, 3.8) is 0 Å². The Morgan fingerprint density at radius 3 is 2.56 bits per heavy atom. The predicted molar refractivity (Wildman–Crippen MR) is 80.3 cm³/mol. The van der Waals surface area contributed by atoms with Gasteiger partial charge in [-0.3, -0.25) is 4.79 Å². The van der Waals surface area contributed by atoms with Gasteiger partial charge in [0.05, 0.1) is 5.56 Å². The van der Waals surface area contributed by atoms with Crippen LogP contribution < -0.4 is 0 Å². The van der Waals surface area contributed by atoms with Crippen molar-refractivity contribution in [1.29, 1.82) is 0 Å². The molecule has 0 saturated carbocycles. The highest BCUT2D eigenvalue weighted by atomic mass is 79.9. The molecule has 18 heavy (non-hydrogen) atoms. The first kappa shape index (κ1) is 13.9. The molecule has 98 valence electrons. The molecular weight excluding hydrogens is 310 g/mol. The van der Waals surface area contributed by atoms with Gasteiger partial charge >= 0.3 is 0 Å². The van der Waals surface area contributed by atoms with Gasteiger partial charge in [0.25, 0.3) is 5.91 Å². The Morgan fingerprint density at radius 2 is 1.94 bits per heavy atom. The van der Waals surface area contributed by atoms with Crippen LogP contribution in [0.4, 0.5) is 0 Å². The van der Waals surface area contributed by atoms with Gasteiger partial charge in [-0.2, -0.15) is 0 Å². The van der Waals surface area contributed by atoms with Crippen LogP contribution in [-0.2, 0) is 0 Å². The van der Waals surface area contributed by atoms with Gasteiger partial charge in [-0.25, -0.2) is 0 Å². The molecule has 0 bridgehead atoms. The van der Waals surface area contributed by atoms with E-state index in [1.54, 1.807) is 0 Å². The lowest BCUT2D eigenvalue weighted by molar-refractivity contribution is 0.0509. The Hall–Kier alpha value is -0.480. The molecule has 1 aromatic carbocycles. The highest BCUT2D eigenvalue weighted by Gasteiger charge is 2.30. The average molecular weight is 328 g/mol. The molecule has 2 rings (SSSR count). The monoisotopic (exact) mass is 327 g/mol. The third kappa shape index (κ3) is 2.75. The third-order valence-corrected chi connectivity index (χ3v) is 4.58. The molecule has 0 aromatic heterocycles. The first-order chi connectivity index (χ1) is 8.50. The summed E-state index contributed by atoms with van der Waals surface area (Å²) >= 11 is 7.77. The maximum absolute atomic E-state index is 12.7. The molecule has 1 saturated heterocycles. The number of halogens is 1. The second-order valence-electron chi connectivity index (χ2n) is 5.01. The number of nitrogens with zero attached hydrogens (tertiary/aromatic N) is 1. The van der Waals surface area contributed by atoms with E-state index in [-0.39, 0.29) is 5.91 Å². The summed E-state index contributed by atoms with van der Waals surface area (Å²) < 4.78 is 0.843. The highest BCUT2D eigenvalue weighted by Crippen LogP contribution is 2.28. The Kier molecular flexibility index (Phi) is 4.38. The number of amides is 1. The Labute approximate surface area is 122 Å². The topological polar surface area (TPSA) is 20.3 Å². The van der Waals surface area contributed by atoms with Crippen molar-refractivity contribution in [2.75, 3.05) is 0 Å². The molecule has 1 amide bonds. The van der Waals surface area contributed by atoms with Gasteiger partial charge in [0.2, 0.25) is 0 Å². The molecule has 0 radical (unpaired) electrons. The molecule has 1 fully saturated rings. The van der Waals surface area contributed by atoms with Crippen molar-refractivity contribution >= 4 is 34.5 Å². The van der Waals surface area contributed by atoms with Gasteiger partial charge < -0.3 is 4.90 Å². The molecule has 1 aromatic rings. The molecule has 0 N–H and O–H groups in total. The highest BCUT2D eigenvalue weighted by molar-refractivity contribution is 9.10. The Bertz CT molecular complexity index is 453. The van der Waals surface area contributed by atoms with Gasteiger partial charge in [0.15, 0.2) is 0 Å². The number of likely N-dealkylation sites (tertiary alicyclic amines) is 1. The molecule has 2 atom stereocenters. The summed E-state index contributed by atoms with van der Waals surface area (Å²) in [4.78, 5) is 15.5. The van der Waals surface area contributed by atoms with E-state index < -0.39 is 0 Å². The number of hydrogen-bond donors (Lipinski definition) is 1. The van der Waals surface area contributed by atoms with E-state index in [9.17, 15) is 4.79 Å². The Morgan fingerprint density at radius 1 is 1.33 bits per heavy atom. The summed E-state index contributed by atoms with van der Waals surface area (Å²) in [6.45, 7) is 4.26. The molecule has 0 unspecified atom stereocenters. The quantitative estimate of drug-likeness (QED) is 0.768. The maximum Gasteiger partial charge on any atom is 0.255 e. The van der Waals surface area contributed by atoms with Crippen LogP contribution in [-0.4, -0.2) is 22.9 Å². The van der Waals surface area contributed by atoms with Crippen molar-refractivity contribution in [2.45, 2.75) is 50.1 Å². The summed E-state index contributed by atoms with van der Waals surface area (Å²) in [6, 6.07) is 6.24. The summed E-state index contributed by atoms with van der Waals surface area (Å²) in [5, 5.41) is 0. The predicted octanol–water partition coefficient (Wildman–Crippen LogP) is 4.14. The van der Waals surface area contributed by atoms with E-state index in [2.05, 4.69) is 42.4 Å². The van der Waals surface area contributed by atoms with Gasteiger partial charge in [-0.1, -0.05) is 0 Å². The molecule has 2 nitrogen and oxygen atoms in total. The second-order valence-corrected chi connectivity index (χ2v) is 6.38. The van der Waals surface area contributed by atoms with Crippen LogP contribution in [0.1, 0.15) is 43.5 Å². The number of piperidine rings is 1. The van der Waals surface area contributed by atoms with Crippen molar-refractivity contribution in [2.24, 2.45) is 0 Å². The SMILES string of the molecule is C[C@@H]1CCC[C@H](C)N1C(=O)c1cc(S)ccc1Br. The number of benzene rings is 1. The van der Waals surface area contributed by atoms with Crippen molar-refractivity contribution in [3.05, 3.63) is 28.2 Å². The van der Waals surface area contributed by atoms with Crippen LogP contribution in [0, 0.1) is 0 Å². The minimum Gasteiger partial charge on any atom is -0.333 e. The summed E-state index contributed by atoms with van der Waals surface area (Å²) in [5.74, 6) is 0.109. The average Bonchev–Trinajstić information content (AvgIpc) is 2.32. The minimum atomic E-state index is 0.109. The fourth-order valence-corrected chi connectivity index (χ4v) is 3.26. The summed E-state index contributed by atoms with van der Waals surface area (Å²) in [7, 11) is 0. The molecule has 1 heterocycles. The summed E-state index contributed by atoms with van der Waals surface area (Å²) in [6.07, 6.45) is 3.39. The van der Waals surface area contributed by atoms with E-state index >= 15 is 0 Å².